The highest BCUT2D eigenvalue weighted by Gasteiger charge is 2.12. The Morgan fingerprint density at radius 2 is 2.45 bits per heavy atom. The summed E-state index contributed by atoms with van der Waals surface area (Å²) in [5.74, 6) is 1.56. The highest BCUT2D eigenvalue weighted by molar-refractivity contribution is 7.99. The van der Waals surface area contributed by atoms with Gasteiger partial charge in [-0.15, -0.1) is 22.0 Å². The van der Waals surface area contributed by atoms with Crippen molar-refractivity contribution in [1.82, 2.24) is 10.2 Å². The third kappa shape index (κ3) is 1.41. The molecule has 2 rings (SSSR count). The van der Waals surface area contributed by atoms with Crippen LogP contribution in [0.4, 0.5) is 0 Å². The van der Waals surface area contributed by atoms with E-state index in [1.54, 1.807) is 17.8 Å². The average molecular weight is 189 g/mol. The summed E-state index contributed by atoms with van der Waals surface area (Å²) in [6.07, 6.45) is 0. The van der Waals surface area contributed by atoms with E-state index in [4.69, 9.17) is 16.3 Å². The molecule has 0 fully saturated rings. The molecule has 0 amide bonds. The van der Waals surface area contributed by atoms with Crippen molar-refractivity contribution in [1.29, 1.82) is 0 Å². The maximum atomic E-state index is 5.63. The molecule has 2 heterocycles. The Hall–Kier alpha value is -0.480. The summed E-state index contributed by atoms with van der Waals surface area (Å²) < 4.78 is 5.23. The van der Waals surface area contributed by atoms with E-state index in [1.165, 1.54) is 0 Å². The fourth-order valence-corrected chi connectivity index (χ4v) is 1.85. The summed E-state index contributed by atoms with van der Waals surface area (Å²) in [5.41, 5.74) is 0. The number of halogens is 1. The molecule has 1 aromatic rings. The van der Waals surface area contributed by atoms with Crippen LogP contribution < -0.4 is 4.74 Å². The summed E-state index contributed by atoms with van der Waals surface area (Å²) in [6.45, 7) is 0.702. The highest BCUT2D eigenvalue weighted by atomic mass is 35.5. The van der Waals surface area contributed by atoms with E-state index in [0.717, 1.165) is 10.6 Å². The summed E-state index contributed by atoms with van der Waals surface area (Å²) in [5, 5.41) is 7.88. The zero-order valence-electron chi connectivity index (χ0n) is 5.58. The molecule has 5 heteroatoms. The first kappa shape index (κ1) is 7.18. The van der Waals surface area contributed by atoms with Crippen molar-refractivity contribution < 1.29 is 4.74 Å². The Morgan fingerprint density at radius 1 is 1.55 bits per heavy atom. The zero-order chi connectivity index (χ0) is 7.68. The number of aromatic nitrogens is 2. The lowest BCUT2D eigenvalue weighted by molar-refractivity contribution is 0.311. The Balaban J connectivity index is 2.43. The minimum Gasteiger partial charge on any atom is -0.475 e. The van der Waals surface area contributed by atoms with Gasteiger partial charge in [-0.25, -0.2) is 0 Å². The number of hydrogen-bond donors (Lipinski definition) is 0. The van der Waals surface area contributed by atoms with Gasteiger partial charge in [0, 0.05) is 5.75 Å². The van der Waals surface area contributed by atoms with Gasteiger partial charge in [-0.05, 0) is 6.07 Å². The standard InChI is InChI=1S/C6H5ClN2OS/c7-5-3-4-6(9-8-5)10-1-2-11-4/h3H,1-2H2. The molecule has 0 unspecified atom stereocenters. The first-order chi connectivity index (χ1) is 5.36. The molecule has 58 valence electrons. The van der Waals surface area contributed by atoms with Crippen LogP contribution in [0.3, 0.4) is 0 Å². The van der Waals surface area contributed by atoms with E-state index in [9.17, 15) is 0 Å². The summed E-state index contributed by atoms with van der Waals surface area (Å²) in [4.78, 5) is 0.983. The largest absolute Gasteiger partial charge is 0.475 e. The second kappa shape index (κ2) is 2.87. The van der Waals surface area contributed by atoms with Gasteiger partial charge in [-0.2, -0.15) is 0 Å². The third-order valence-electron chi connectivity index (χ3n) is 1.28. The molecule has 1 aromatic heterocycles. The molecule has 0 saturated carbocycles. The summed E-state index contributed by atoms with van der Waals surface area (Å²) in [6, 6.07) is 1.77. The Kier molecular flexibility index (Phi) is 1.87. The molecule has 0 bridgehead atoms. The number of hydrogen-bond acceptors (Lipinski definition) is 4. The quantitative estimate of drug-likeness (QED) is 0.620. The molecule has 11 heavy (non-hydrogen) atoms. The van der Waals surface area contributed by atoms with Gasteiger partial charge in [0.1, 0.15) is 0 Å². The van der Waals surface area contributed by atoms with E-state index < -0.39 is 0 Å². The number of ether oxygens (including phenoxy) is 1. The maximum absolute atomic E-state index is 5.63. The average Bonchev–Trinajstić information content (AvgIpc) is 2.04. The van der Waals surface area contributed by atoms with Crippen LogP contribution in [0.5, 0.6) is 5.88 Å². The van der Waals surface area contributed by atoms with Crippen molar-refractivity contribution in [2.45, 2.75) is 4.90 Å². The molecule has 1 aliphatic heterocycles. The van der Waals surface area contributed by atoms with Crippen LogP contribution in [-0.2, 0) is 0 Å². The van der Waals surface area contributed by atoms with Gasteiger partial charge in [0.05, 0.1) is 11.5 Å². The zero-order valence-corrected chi connectivity index (χ0v) is 7.15. The SMILES string of the molecule is Clc1cc2c(nn1)OCCS2. The van der Waals surface area contributed by atoms with Crippen molar-refractivity contribution in [2.24, 2.45) is 0 Å². The van der Waals surface area contributed by atoms with Gasteiger partial charge in [0.25, 0.3) is 0 Å². The number of nitrogens with zero attached hydrogens (tertiary/aromatic N) is 2. The molecule has 3 nitrogen and oxygen atoms in total. The van der Waals surface area contributed by atoms with Crippen LogP contribution in [-0.4, -0.2) is 22.6 Å². The Bertz CT molecular complexity index is 281. The minimum absolute atomic E-state index is 0.418. The first-order valence-electron chi connectivity index (χ1n) is 3.15. The van der Waals surface area contributed by atoms with E-state index in [1.807, 2.05) is 0 Å². The monoisotopic (exact) mass is 188 g/mol. The van der Waals surface area contributed by atoms with Gasteiger partial charge in [0.15, 0.2) is 5.15 Å². The molecule has 0 N–H and O–H groups in total. The second-order valence-corrected chi connectivity index (χ2v) is 3.56. The van der Waals surface area contributed by atoms with Crippen LogP contribution in [0.1, 0.15) is 0 Å². The van der Waals surface area contributed by atoms with Crippen molar-refractivity contribution in [2.75, 3.05) is 12.4 Å². The maximum Gasteiger partial charge on any atom is 0.247 e. The molecule has 1 aliphatic rings. The van der Waals surface area contributed by atoms with Crippen LogP contribution >= 0.6 is 23.4 Å². The van der Waals surface area contributed by atoms with E-state index in [-0.39, 0.29) is 0 Å². The lowest BCUT2D eigenvalue weighted by atomic mass is 10.5. The second-order valence-electron chi connectivity index (χ2n) is 2.03. The first-order valence-corrected chi connectivity index (χ1v) is 4.51. The predicted octanol–water partition coefficient (Wildman–Crippen LogP) is 1.61. The minimum atomic E-state index is 0.418. The topological polar surface area (TPSA) is 35.0 Å². The van der Waals surface area contributed by atoms with Crippen LogP contribution in [0.25, 0.3) is 0 Å². The number of fused-ring (bicyclic) bond motifs is 1. The predicted molar refractivity (Wildman–Crippen MR) is 43.3 cm³/mol. The van der Waals surface area contributed by atoms with E-state index in [2.05, 4.69) is 10.2 Å². The summed E-state index contributed by atoms with van der Waals surface area (Å²) >= 11 is 7.33. The fourth-order valence-electron chi connectivity index (χ4n) is 0.835. The molecule has 0 aromatic carbocycles. The van der Waals surface area contributed by atoms with E-state index >= 15 is 0 Å². The molecular weight excluding hydrogens is 184 g/mol. The van der Waals surface area contributed by atoms with Gasteiger partial charge >= 0.3 is 0 Å². The molecular formula is C6H5ClN2OS. The lowest BCUT2D eigenvalue weighted by Gasteiger charge is -2.13. The Labute approximate surface area is 73.1 Å². The normalized spacial score (nSPS) is 15.4. The smallest absolute Gasteiger partial charge is 0.247 e. The van der Waals surface area contributed by atoms with Gasteiger partial charge in [-0.1, -0.05) is 11.6 Å². The van der Waals surface area contributed by atoms with Crippen LogP contribution in [0.15, 0.2) is 11.0 Å². The summed E-state index contributed by atoms with van der Waals surface area (Å²) in [7, 11) is 0. The molecule has 0 radical (unpaired) electrons. The van der Waals surface area contributed by atoms with Crippen molar-refractivity contribution >= 4 is 23.4 Å². The van der Waals surface area contributed by atoms with E-state index in [0.29, 0.717) is 17.6 Å². The third-order valence-corrected chi connectivity index (χ3v) is 2.44. The molecule has 0 aliphatic carbocycles. The Morgan fingerprint density at radius 3 is 3.36 bits per heavy atom. The number of rotatable bonds is 0. The van der Waals surface area contributed by atoms with Crippen LogP contribution in [0.2, 0.25) is 5.15 Å². The van der Waals surface area contributed by atoms with Crippen molar-refractivity contribution in [3.05, 3.63) is 11.2 Å². The van der Waals surface area contributed by atoms with Gasteiger partial charge < -0.3 is 4.74 Å². The van der Waals surface area contributed by atoms with Gasteiger partial charge in [-0.3, -0.25) is 0 Å². The highest BCUT2D eigenvalue weighted by Crippen LogP contribution is 2.31. The van der Waals surface area contributed by atoms with Crippen LogP contribution in [0, 0.1) is 0 Å². The van der Waals surface area contributed by atoms with Gasteiger partial charge in [0.2, 0.25) is 5.88 Å². The molecule has 0 saturated heterocycles. The van der Waals surface area contributed by atoms with Crippen molar-refractivity contribution in [3.8, 4) is 5.88 Å². The number of thioether (sulfide) groups is 1. The lowest BCUT2D eigenvalue weighted by Crippen LogP contribution is -2.08. The fraction of sp³-hybridized carbons (Fsp3) is 0.333. The molecule has 0 atom stereocenters. The molecule has 0 spiro atoms. The van der Waals surface area contributed by atoms with Crippen molar-refractivity contribution in [3.63, 3.8) is 0 Å².